The summed E-state index contributed by atoms with van der Waals surface area (Å²) in [5.74, 6) is 0. The summed E-state index contributed by atoms with van der Waals surface area (Å²) in [7, 11) is 1.92. The summed E-state index contributed by atoms with van der Waals surface area (Å²) in [5, 5.41) is 12.1. The zero-order chi connectivity index (χ0) is 12.3. The molecule has 2 aromatic rings. The zero-order valence-electron chi connectivity index (χ0n) is 10.6. The van der Waals surface area contributed by atoms with Crippen LogP contribution >= 0.6 is 0 Å². The number of aryl methyl sites for hydroxylation is 1. The molecule has 2 aromatic heterocycles. The van der Waals surface area contributed by atoms with Crippen molar-refractivity contribution in [1.82, 2.24) is 24.9 Å². The van der Waals surface area contributed by atoms with Gasteiger partial charge >= 0.3 is 0 Å². The molecule has 1 N–H and O–H groups in total. The van der Waals surface area contributed by atoms with E-state index in [1.165, 1.54) is 5.56 Å². The second-order valence-corrected chi connectivity index (χ2v) is 4.23. The molecule has 0 spiro atoms. The SMILES string of the molecule is CCNC(C)c1cnn(Cc2ccn(C)n2)c1. The monoisotopic (exact) mass is 233 g/mol. The highest BCUT2D eigenvalue weighted by atomic mass is 15.3. The van der Waals surface area contributed by atoms with Crippen LogP contribution in [0.25, 0.3) is 0 Å². The molecule has 1 unspecified atom stereocenters. The Hall–Kier alpha value is -1.62. The van der Waals surface area contributed by atoms with E-state index < -0.39 is 0 Å². The average Bonchev–Trinajstić information content (AvgIpc) is 2.89. The molecule has 0 saturated carbocycles. The minimum atomic E-state index is 0.345. The molecule has 0 saturated heterocycles. The molecule has 5 heteroatoms. The lowest BCUT2D eigenvalue weighted by Crippen LogP contribution is -2.17. The first-order valence-electron chi connectivity index (χ1n) is 5.93. The summed E-state index contributed by atoms with van der Waals surface area (Å²) in [5.41, 5.74) is 2.24. The van der Waals surface area contributed by atoms with Crippen molar-refractivity contribution in [3.8, 4) is 0 Å². The second-order valence-electron chi connectivity index (χ2n) is 4.23. The van der Waals surface area contributed by atoms with Crippen LogP contribution in [0.5, 0.6) is 0 Å². The summed E-state index contributed by atoms with van der Waals surface area (Å²) in [6, 6.07) is 2.35. The number of nitrogens with one attached hydrogen (secondary N) is 1. The molecule has 0 amide bonds. The van der Waals surface area contributed by atoms with Crippen LogP contribution in [0.2, 0.25) is 0 Å². The maximum Gasteiger partial charge on any atom is 0.0849 e. The Bertz CT molecular complexity index is 471. The lowest BCUT2D eigenvalue weighted by atomic mass is 10.2. The van der Waals surface area contributed by atoms with Crippen LogP contribution in [0, 0.1) is 0 Å². The van der Waals surface area contributed by atoms with Crippen LogP contribution in [-0.4, -0.2) is 26.1 Å². The van der Waals surface area contributed by atoms with Gasteiger partial charge in [0.2, 0.25) is 0 Å². The standard InChI is InChI=1S/C12H19N5/c1-4-13-10(2)11-7-14-17(8-11)9-12-5-6-16(3)15-12/h5-8,10,13H,4,9H2,1-3H3. The molecule has 0 aromatic carbocycles. The Labute approximate surface area is 101 Å². The fraction of sp³-hybridized carbons (Fsp3) is 0.500. The smallest absolute Gasteiger partial charge is 0.0849 e. The number of hydrogen-bond acceptors (Lipinski definition) is 3. The van der Waals surface area contributed by atoms with Gasteiger partial charge in [0, 0.05) is 31.0 Å². The van der Waals surface area contributed by atoms with E-state index in [-0.39, 0.29) is 0 Å². The molecular weight excluding hydrogens is 214 g/mol. The van der Waals surface area contributed by atoms with Crippen LogP contribution in [0.15, 0.2) is 24.7 Å². The van der Waals surface area contributed by atoms with Gasteiger partial charge in [0.25, 0.3) is 0 Å². The molecule has 0 fully saturated rings. The van der Waals surface area contributed by atoms with E-state index in [1.807, 2.05) is 30.2 Å². The van der Waals surface area contributed by atoms with Crippen molar-refractivity contribution in [2.45, 2.75) is 26.4 Å². The first-order chi connectivity index (χ1) is 8.19. The van der Waals surface area contributed by atoms with Crippen LogP contribution < -0.4 is 5.32 Å². The van der Waals surface area contributed by atoms with Crippen molar-refractivity contribution >= 4 is 0 Å². The average molecular weight is 233 g/mol. The lowest BCUT2D eigenvalue weighted by Gasteiger charge is -2.08. The second kappa shape index (κ2) is 5.14. The molecule has 0 radical (unpaired) electrons. The largest absolute Gasteiger partial charge is 0.310 e. The molecule has 2 heterocycles. The van der Waals surface area contributed by atoms with Gasteiger partial charge in [-0.2, -0.15) is 10.2 Å². The fourth-order valence-electron chi connectivity index (χ4n) is 1.83. The van der Waals surface area contributed by atoms with Gasteiger partial charge in [0.15, 0.2) is 0 Å². The maximum absolute atomic E-state index is 4.35. The molecule has 17 heavy (non-hydrogen) atoms. The highest BCUT2D eigenvalue weighted by Crippen LogP contribution is 2.11. The fourth-order valence-corrected chi connectivity index (χ4v) is 1.83. The summed E-state index contributed by atoms with van der Waals surface area (Å²) in [6.45, 7) is 5.94. The van der Waals surface area contributed by atoms with Crippen LogP contribution in [0.3, 0.4) is 0 Å². The Morgan fingerprint density at radius 3 is 2.94 bits per heavy atom. The third-order valence-electron chi connectivity index (χ3n) is 2.76. The van der Waals surface area contributed by atoms with Gasteiger partial charge < -0.3 is 5.32 Å². The number of rotatable bonds is 5. The van der Waals surface area contributed by atoms with Gasteiger partial charge in [0.05, 0.1) is 18.4 Å². The molecule has 0 bridgehead atoms. The van der Waals surface area contributed by atoms with Crippen molar-refractivity contribution in [3.63, 3.8) is 0 Å². The predicted molar refractivity (Wildman–Crippen MR) is 66.6 cm³/mol. The van der Waals surface area contributed by atoms with E-state index >= 15 is 0 Å². The molecular formula is C12H19N5. The lowest BCUT2D eigenvalue weighted by molar-refractivity contribution is 0.595. The van der Waals surface area contributed by atoms with Gasteiger partial charge in [-0.1, -0.05) is 6.92 Å². The number of hydrogen-bond donors (Lipinski definition) is 1. The van der Waals surface area contributed by atoms with Crippen LogP contribution in [-0.2, 0) is 13.6 Å². The van der Waals surface area contributed by atoms with Crippen molar-refractivity contribution in [2.75, 3.05) is 6.54 Å². The number of nitrogens with zero attached hydrogens (tertiary/aromatic N) is 4. The predicted octanol–water partition coefficient (Wildman–Crippen LogP) is 1.34. The van der Waals surface area contributed by atoms with E-state index in [0.29, 0.717) is 6.04 Å². The van der Waals surface area contributed by atoms with Crippen molar-refractivity contribution < 1.29 is 0 Å². The molecule has 5 nitrogen and oxygen atoms in total. The Balaban J connectivity index is 2.03. The third-order valence-corrected chi connectivity index (χ3v) is 2.76. The first kappa shape index (κ1) is 11.9. The summed E-state index contributed by atoms with van der Waals surface area (Å²) < 4.78 is 3.73. The van der Waals surface area contributed by atoms with E-state index in [0.717, 1.165) is 18.8 Å². The molecule has 92 valence electrons. The minimum Gasteiger partial charge on any atom is -0.310 e. The van der Waals surface area contributed by atoms with E-state index in [2.05, 4.69) is 35.6 Å². The summed E-state index contributed by atoms with van der Waals surface area (Å²) >= 11 is 0. The summed E-state index contributed by atoms with van der Waals surface area (Å²) in [6.07, 6.45) is 5.93. The summed E-state index contributed by atoms with van der Waals surface area (Å²) in [4.78, 5) is 0. The van der Waals surface area contributed by atoms with Gasteiger partial charge in [-0.3, -0.25) is 9.36 Å². The first-order valence-corrected chi connectivity index (χ1v) is 5.93. The maximum atomic E-state index is 4.35. The topological polar surface area (TPSA) is 47.7 Å². The highest BCUT2D eigenvalue weighted by molar-refractivity contribution is 5.10. The van der Waals surface area contributed by atoms with E-state index in [1.54, 1.807) is 4.68 Å². The molecule has 2 rings (SSSR count). The normalized spacial score (nSPS) is 12.9. The third kappa shape index (κ3) is 2.94. The van der Waals surface area contributed by atoms with Gasteiger partial charge in [-0.15, -0.1) is 0 Å². The zero-order valence-corrected chi connectivity index (χ0v) is 10.6. The van der Waals surface area contributed by atoms with Crippen LogP contribution in [0.4, 0.5) is 0 Å². The van der Waals surface area contributed by atoms with E-state index in [4.69, 9.17) is 0 Å². The highest BCUT2D eigenvalue weighted by Gasteiger charge is 2.07. The molecule has 1 atom stereocenters. The van der Waals surface area contributed by atoms with Gasteiger partial charge in [-0.05, 0) is 19.5 Å². The molecule has 0 aliphatic carbocycles. The van der Waals surface area contributed by atoms with Gasteiger partial charge in [-0.25, -0.2) is 0 Å². The van der Waals surface area contributed by atoms with E-state index in [9.17, 15) is 0 Å². The Morgan fingerprint density at radius 1 is 1.47 bits per heavy atom. The number of aromatic nitrogens is 4. The Morgan fingerprint density at radius 2 is 2.29 bits per heavy atom. The van der Waals surface area contributed by atoms with Crippen LogP contribution in [0.1, 0.15) is 31.1 Å². The van der Waals surface area contributed by atoms with Crippen molar-refractivity contribution in [3.05, 3.63) is 35.9 Å². The molecule has 0 aliphatic heterocycles. The van der Waals surface area contributed by atoms with Crippen molar-refractivity contribution in [2.24, 2.45) is 7.05 Å². The van der Waals surface area contributed by atoms with Gasteiger partial charge in [0.1, 0.15) is 0 Å². The minimum absolute atomic E-state index is 0.345. The quantitative estimate of drug-likeness (QED) is 0.847. The molecule has 0 aliphatic rings. The van der Waals surface area contributed by atoms with Crippen molar-refractivity contribution in [1.29, 1.82) is 0 Å². The Kier molecular flexibility index (Phi) is 3.58.